The molecule has 0 aromatic heterocycles. The van der Waals surface area contributed by atoms with Crippen molar-refractivity contribution in [2.75, 3.05) is 6.54 Å². The van der Waals surface area contributed by atoms with Crippen molar-refractivity contribution in [1.82, 2.24) is 4.90 Å². The maximum Gasteiger partial charge on any atom is 0.325 e. The van der Waals surface area contributed by atoms with Gasteiger partial charge in [0, 0.05) is 12.6 Å². The van der Waals surface area contributed by atoms with Crippen molar-refractivity contribution in [1.29, 1.82) is 0 Å². The number of aliphatic carboxylic acids is 1. The van der Waals surface area contributed by atoms with Crippen molar-refractivity contribution in [3.05, 3.63) is 35.4 Å². The van der Waals surface area contributed by atoms with Crippen molar-refractivity contribution < 1.29 is 9.90 Å². The van der Waals surface area contributed by atoms with E-state index in [4.69, 9.17) is 0 Å². The van der Waals surface area contributed by atoms with Gasteiger partial charge in [0.05, 0.1) is 0 Å². The van der Waals surface area contributed by atoms with Gasteiger partial charge in [0.25, 0.3) is 0 Å². The number of rotatable bonds is 2. The molecule has 0 spiro atoms. The second-order valence-electron chi connectivity index (χ2n) is 6.35. The van der Waals surface area contributed by atoms with Crippen LogP contribution in [-0.4, -0.2) is 28.6 Å². The van der Waals surface area contributed by atoms with E-state index in [0.29, 0.717) is 6.04 Å². The lowest BCUT2D eigenvalue weighted by Gasteiger charge is -2.43. The van der Waals surface area contributed by atoms with Gasteiger partial charge in [0.2, 0.25) is 0 Å². The van der Waals surface area contributed by atoms with E-state index in [2.05, 4.69) is 17.9 Å². The summed E-state index contributed by atoms with van der Waals surface area (Å²) in [6.07, 6.45) is 5.79. The molecule has 0 radical (unpaired) electrons. The molecule has 0 bridgehead atoms. The number of carboxylic acid groups (broad SMARTS) is 1. The van der Waals surface area contributed by atoms with E-state index >= 15 is 0 Å². The molecule has 1 aromatic rings. The van der Waals surface area contributed by atoms with E-state index in [1.54, 1.807) is 0 Å². The number of fused-ring (bicyclic) bond motifs is 1. The molecule has 3 unspecified atom stereocenters. The summed E-state index contributed by atoms with van der Waals surface area (Å²) >= 11 is 0. The van der Waals surface area contributed by atoms with Gasteiger partial charge in [-0.05, 0) is 36.3 Å². The Morgan fingerprint density at radius 3 is 2.85 bits per heavy atom. The van der Waals surface area contributed by atoms with E-state index in [1.165, 1.54) is 18.4 Å². The first-order valence-electron chi connectivity index (χ1n) is 7.73. The molecule has 108 valence electrons. The van der Waals surface area contributed by atoms with Crippen LogP contribution in [-0.2, 0) is 11.2 Å². The summed E-state index contributed by atoms with van der Waals surface area (Å²) in [6.45, 7) is 3.17. The monoisotopic (exact) mass is 273 g/mol. The number of nitrogens with zero attached hydrogens (tertiary/aromatic N) is 1. The van der Waals surface area contributed by atoms with Crippen LogP contribution in [0.25, 0.3) is 0 Å². The minimum Gasteiger partial charge on any atom is -0.480 e. The number of carboxylic acids is 1. The fraction of sp³-hybridized carbons (Fsp3) is 0.588. The van der Waals surface area contributed by atoms with Gasteiger partial charge in [-0.3, -0.25) is 9.69 Å². The third kappa shape index (κ3) is 2.47. The highest BCUT2D eigenvalue weighted by atomic mass is 16.4. The third-order valence-corrected chi connectivity index (χ3v) is 4.93. The fourth-order valence-electron chi connectivity index (χ4n) is 3.96. The average Bonchev–Trinajstić information content (AvgIpc) is 2.45. The molecule has 1 fully saturated rings. The van der Waals surface area contributed by atoms with Crippen LogP contribution >= 0.6 is 0 Å². The highest BCUT2D eigenvalue weighted by molar-refractivity contribution is 5.76. The minimum absolute atomic E-state index is 0.438. The average molecular weight is 273 g/mol. The number of hydrogen-bond donors (Lipinski definition) is 1. The predicted octanol–water partition coefficient (Wildman–Crippen LogP) is 3.25. The molecule has 3 rings (SSSR count). The zero-order chi connectivity index (χ0) is 14.1. The summed E-state index contributed by atoms with van der Waals surface area (Å²) in [6, 6.07) is 8.03. The van der Waals surface area contributed by atoms with Crippen LogP contribution in [0.4, 0.5) is 0 Å². The number of carbonyl (C=O) groups is 1. The van der Waals surface area contributed by atoms with Crippen LogP contribution < -0.4 is 0 Å². The quantitative estimate of drug-likeness (QED) is 0.899. The van der Waals surface area contributed by atoms with Gasteiger partial charge in [0.15, 0.2) is 0 Å². The molecule has 3 heteroatoms. The van der Waals surface area contributed by atoms with E-state index in [0.717, 1.165) is 37.3 Å². The Morgan fingerprint density at radius 1 is 1.30 bits per heavy atom. The lowest BCUT2D eigenvalue weighted by Crippen LogP contribution is -2.47. The molecular formula is C17H23NO2. The van der Waals surface area contributed by atoms with Crippen molar-refractivity contribution in [3.8, 4) is 0 Å². The molecule has 2 aliphatic rings. The summed E-state index contributed by atoms with van der Waals surface area (Å²) in [4.78, 5) is 14.1. The molecule has 0 saturated heterocycles. The van der Waals surface area contributed by atoms with E-state index in [9.17, 15) is 9.90 Å². The topological polar surface area (TPSA) is 40.5 Å². The lowest BCUT2D eigenvalue weighted by atomic mass is 9.83. The molecule has 3 nitrogen and oxygen atoms in total. The van der Waals surface area contributed by atoms with Crippen LogP contribution in [0.3, 0.4) is 0 Å². The predicted molar refractivity (Wildman–Crippen MR) is 78.6 cm³/mol. The first-order chi connectivity index (χ1) is 9.66. The molecule has 20 heavy (non-hydrogen) atoms. The maximum absolute atomic E-state index is 11.8. The molecule has 1 saturated carbocycles. The molecule has 1 N–H and O–H groups in total. The first kappa shape index (κ1) is 13.6. The molecule has 0 amide bonds. The SMILES string of the molecule is CC1CCCC(N2CCc3ccccc3C2C(=O)O)C1. The standard InChI is InChI=1S/C17H23NO2/c1-12-5-4-7-14(11-12)18-10-9-13-6-2-3-8-15(13)16(18)17(19)20/h2-3,6,8,12,14,16H,4-5,7,9-11H2,1H3,(H,19,20). The Bertz CT molecular complexity index is 500. The highest BCUT2D eigenvalue weighted by Crippen LogP contribution is 2.36. The molecule has 1 aliphatic heterocycles. The van der Waals surface area contributed by atoms with Gasteiger partial charge in [-0.15, -0.1) is 0 Å². The minimum atomic E-state index is -0.699. The van der Waals surface area contributed by atoms with Crippen molar-refractivity contribution in [3.63, 3.8) is 0 Å². The molecule has 1 heterocycles. The van der Waals surface area contributed by atoms with Crippen LogP contribution in [0.2, 0.25) is 0 Å². The van der Waals surface area contributed by atoms with Crippen molar-refractivity contribution >= 4 is 5.97 Å². The van der Waals surface area contributed by atoms with Gasteiger partial charge in [-0.1, -0.05) is 44.0 Å². The van der Waals surface area contributed by atoms with Crippen molar-refractivity contribution in [2.45, 2.75) is 51.1 Å². The summed E-state index contributed by atoms with van der Waals surface area (Å²) in [5.41, 5.74) is 2.21. The maximum atomic E-state index is 11.8. The Hall–Kier alpha value is -1.35. The highest BCUT2D eigenvalue weighted by Gasteiger charge is 2.37. The van der Waals surface area contributed by atoms with E-state index in [-0.39, 0.29) is 0 Å². The summed E-state index contributed by atoms with van der Waals surface area (Å²) in [5, 5.41) is 9.71. The fourth-order valence-corrected chi connectivity index (χ4v) is 3.96. The smallest absolute Gasteiger partial charge is 0.325 e. The normalized spacial score (nSPS) is 30.8. The largest absolute Gasteiger partial charge is 0.480 e. The van der Waals surface area contributed by atoms with Gasteiger partial charge in [-0.2, -0.15) is 0 Å². The third-order valence-electron chi connectivity index (χ3n) is 4.93. The zero-order valence-corrected chi connectivity index (χ0v) is 12.1. The van der Waals surface area contributed by atoms with Crippen LogP contribution in [0.1, 0.15) is 49.8 Å². The van der Waals surface area contributed by atoms with Gasteiger partial charge < -0.3 is 5.11 Å². The molecule has 1 aromatic carbocycles. The lowest BCUT2D eigenvalue weighted by molar-refractivity contribution is -0.145. The van der Waals surface area contributed by atoms with Crippen LogP contribution in [0.15, 0.2) is 24.3 Å². The van der Waals surface area contributed by atoms with Gasteiger partial charge >= 0.3 is 5.97 Å². The van der Waals surface area contributed by atoms with Crippen LogP contribution in [0.5, 0.6) is 0 Å². The van der Waals surface area contributed by atoms with Gasteiger partial charge in [0.1, 0.15) is 6.04 Å². The van der Waals surface area contributed by atoms with Crippen molar-refractivity contribution in [2.24, 2.45) is 5.92 Å². The summed E-state index contributed by atoms with van der Waals surface area (Å²) < 4.78 is 0. The number of benzene rings is 1. The zero-order valence-electron chi connectivity index (χ0n) is 12.1. The first-order valence-corrected chi connectivity index (χ1v) is 7.73. The van der Waals surface area contributed by atoms with E-state index in [1.807, 2.05) is 18.2 Å². The molecular weight excluding hydrogens is 250 g/mol. The van der Waals surface area contributed by atoms with Crippen LogP contribution in [0, 0.1) is 5.92 Å². The Morgan fingerprint density at radius 2 is 2.10 bits per heavy atom. The summed E-state index contributed by atoms with van der Waals surface area (Å²) in [7, 11) is 0. The summed E-state index contributed by atoms with van der Waals surface area (Å²) in [5.74, 6) is 0.0238. The van der Waals surface area contributed by atoms with Gasteiger partial charge in [-0.25, -0.2) is 0 Å². The second-order valence-corrected chi connectivity index (χ2v) is 6.35. The Kier molecular flexibility index (Phi) is 3.79. The van der Waals surface area contributed by atoms with E-state index < -0.39 is 12.0 Å². The molecule has 3 atom stereocenters. The number of hydrogen-bond acceptors (Lipinski definition) is 2. The second kappa shape index (κ2) is 5.57. The Balaban J connectivity index is 1.90. The Labute approximate surface area is 120 Å². The molecule has 1 aliphatic carbocycles.